The Labute approximate surface area is 508 Å². The van der Waals surface area contributed by atoms with Gasteiger partial charge < -0.3 is 28.5 Å². The molecule has 0 aromatic rings. The average Bonchev–Trinajstić information content (AvgIpc) is 3.44. The molecule has 10 heteroatoms. The topological polar surface area (TPSA) is 114 Å². The number of likely N-dealkylation sites (N-methyl/N-ethyl adjacent to an activating group) is 1. The minimum Gasteiger partial charge on any atom is -0.756 e. The van der Waals surface area contributed by atoms with Gasteiger partial charge in [-0.05, 0) is 102 Å². The molecular weight excluding hydrogens is 1040 g/mol. The molecule has 0 aromatic carbocycles. The van der Waals surface area contributed by atoms with Crippen molar-refractivity contribution in [3.63, 3.8) is 0 Å². The molecule has 0 aliphatic rings. The fraction of sp³-hybridized carbons (Fsp3) is 0.806. The molecule has 1 N–H and O–H groups in total. The highest BCUT2D eigenvalue weighted by Gasteiger charge is 2.27. The Morgan fingerprint density at radius 3 is 1.15 bits per heavy atom. The summed E-state index contributed by atoms with van der Waals surface area (Å²) in [7, 11) is 1.18. The first-order valence-electron chi connectivity index (χ1n) is 34.7. The van der Waals surface area contributed by atoms with E-state index < -0.39 is 26.6 Å². The number of hydrogen-bond acceptors (Lipinski definition) is 7. The third kappa shape index (κ3) is 62.0. The van der Waals surface area contributed by atoms with E-state index in [1.54, 1.807) is 0 Å². The molecule has 0 spiro atoms. The summed E-state index contributed by atoms with van der Waals surface area (Å²) in [4.78, 5) is 40.1. The third-order valence-corrected chi connectivity index (χ3v) is 16.3. The van der Waals surface area contributed by atoms with Crippen LogP contribution in [0.1, 0.15) is 323 Å². The number of esters is 1. The fourth-order valence-corrected chi connectivity index (χ4v) is 10.7. The van der Waals surface area contributed by atoms with Gasteiger partial charge in [0.05, 0.1) is 33.8 Å². The van der Waals surface area contributed by atoms with Gasteiger partial charge >= 0.3 is 5.97 Å². The SMILES string of the molecule is CCCCC/C=C\C/C=C\C/C=C\C/C=C\CCCCCCCCCCCCCC(=O)OC(/C=C\CCCCCCCCCCCC)C(COP(=O)([O-])OCC[N+](C)(C)C)NC(=O)CCCCCCCCC/C=C/CCCCCCCC. The largest absolute Gasteiger partial charge is 0.756 e. The minimum atomic E-state index is -4.71. The number of hydrogen-bond donors (Lipinski definition) is 1. The van der Waals surface area contributed by atoms with Gasteiger partial charge in [0.25, 0.3) is 7.82 Å². The highest BCUT2D eigenvalue weighted by molar-refractivity contribution is 7.45. The van der Waals surface area contributed by atoms with Crippen LogP contribution in [0.25, 0.3) is 0 Å². The Kier molecular flexibility index (Phi) is 59.6. The molecule has 0 aliphatic carbocycles. The van der Waals surface area contributed by atoms with Crippen LogP contribution in [0.3, 0.4) is 0 Å². The molecule has 0 fully saturated rings. The number of allylic oxidation sites excluding steroid dienone is 11. The van der Waals surface area contributed by atoms with Crippen molar-refractivity contribution >= 4 is 19.7 Å². The highest BCUT2D eigenvalue weighted by atomic mass is 31.2. The van der Waals surface area contributed by atoms with Gasteiger partial charge in [0.2, 0.25) is 5.91 Å². The summed E-state index contributed by atoms with van der Waals surface area (Å²) in [5, 5.41) is 3.04. The first-order valence-corrected chi connectivity index (χ1v) is 36.2. The normalized spacial score (nSPS) is 14.0. The van der Waals surface area contributed by atoms with Crippen molar-refractivity contribution in [1.29, 1.82) is 0 Å². The van der Waals surface area contributed by atoms with E-state index in [2.05, 4.69) is 86.8 Å². The van der Waals surface area contributed by atoms with Crippen LogP contribution >= 0.6 is 7.82 Å². The Morgan fingerprint density at radius 2 is 0.744 bits per heavy atom. The van der Waals surface area contributed by atoms with Gasteiger partial charge in [-0.25, -0.2) is 0 Å². The number of carbonyl (C=O) groups excluding carboxylic acids is 2. The number of rotatable bonds is 63. The lowest BCUT2D eigenvalue weighted by molar-refractivity contribution is -0.870. The maximum atomic E-state index is 13.6. The van der Waals surface area contributed by atoms with E-state index in [0.717, 1.165) is 89.9 Å². The second-order valence-corrected chi connectivity index (χ2v) is 26.1. The van der Waals surface area contributed by atoms with Crippen molar-refractivity contribution in [3.05, 3.63) is 72.9 Å². The van der Waals surface area contributed by atoms with Gasteiger partial charge in [-0.2, -0.15) is 0 Å². The second kappa shape index (κ2) is 61.5. The molecule has 0 rings (SSSR count). The van der Waals surface area contributed by atoms with Gasteiger partial charge in [-0.15, -0.1) is 0 Å². The van der Waals surface area contributed by atoms with Crippen molar-refractivity contribution in [2.24, 2.45) is 0 Å². The lowest BCUT2D eigenvalue weighted by Crippen LogP contribution is -2.47. The van der Waals surface area contributed by atoms with Gasteiger partial charge in [0.15, 0.2) is 0 Å². The zero-order valence-corrected chi connectivity index (χ0v) is 55.6. The molecule has 0 aliphatic heterocycles. The summed E-state index contributed by atoms with van der Waals surface area (Å²) in [6, 6.07) is -0.894. The number of phosphoric ester groups is 1. The Balaban J connectivity index is 5.07. The first kappa shape index (κ1) is 79.5. The Hall–Kier alpha value is -2.55. The number of unbranched alkanes of at least 4 members (excludes halogenated alkanes) is 37. The zero-order valence-electron chi connectivity index (χ0n) is 54.7. The van der Waals surface area contributed by atoms with Crippen LogP contribution < -0.4 is 10.2 Å². The molecular formula is C72H133N2O7P. The van der Waals surface area contributed by atoms with Gasteiger partial charge in [0, 0.05) is 12.8 Å². The van der Waals surface area contributed by atoms with Crippen molar-refractivity contribution < 1.29 is 37.3 Å². The standard InChI is InChI=1S/C72H133N2O7P/c1-7-10-13-16-19-22-25-28-30-32-33-34-35-36-37-38-39-40-41-43-45-47-50-53-56-59-62-65-72(76)81-70(63-60-57-54-51-48-27-24-21-18-15-12-9-3)69(68-80-82(77,78)79-67-66-74(4,5)6)73-71(75)64-61-58-55-52-49-46-44-42-31-29-26-23-20-17-14-11-8-2/h19,22,28-31,33-34,36-37,60,63,69-70H,7-18,20-21,23-27,32,35,38-59,61-62,64-68H2,1-6H3,(H-,73,75,77,78)/b22-19-,30-28-,31-29+,34-33-,37-36-,63-60-. The number of nitrogens with one attached hydrogen (secondary N) is 1. The molecule has 9 nitrogen and oxygen atoms in total. The maximum Gasteiger partial charge on any atom is 0.306 e. The number of quaternary nitrogens is 1. The number of nitrogens with zero attached hydrogens (tertiary/aromatic N) is 1. The van der Waals surface area contributed by atoms with Crippen LogP contribution in [0.15, 0.2) is 72.9 Å². The summed E-state index contributed by atoms with van der Waals surface area (Å²) in [5.41, 5.74) is 0. The van der Waals surface area contributed by atoms with E-state index in [-0.39, 0.29) is 24.9 Å². The van der Waals surface area contributed by atoms with Crippen molar-refractivity contribution in [1.82, 2.24) is 5.32 Å². The number of amides is 1. The molecule has 0 radical (unpaired) electrons. The molecule has 3 unspecified atom stereocenters. The molecule has 1 amide bonds. The van der Waals surface area contributed by atoms with Crippen LogP contribution in [0.5, 0.6) is 0 Å². The van der Waals surface area contributed by atoms with Crippen LogP contribution in [-0.2, 0) is 27.9 Å². The molecule has 0 saturated carbocycles. The van der Waals surface area contributed by atoms with Crippen LogP contribution in [0.2, 0.25) is 0 Å². The quantitative estimate of drug-likeness (QED) is 0.0212. The fourth-order valence-electron chi connectivity index (χ4n) is 9.97. The van der Waals surface area contributed by atoms with Crippen LogP contribution in [0.4, 0.5) is 0 Å². The highest BCUT2D eigenvalue weighted by Crippen LogP contribution is 2.38. The Morgan fingerprint density at radius 1 is 0.427 bits per heavy atom. The van der Waals surface area contributed by atoms with E-state index in [4.69, 9.17) is 13.8 Å². The summed E-state index contributed by atoms with van der Waals surface area (Å²) in [6.45, 7) is 6.83. The second-order valence-electron chi connectivity index (χ2n) is 24.7. The first-order chi connectivity index (χ1) is 39.9. The Bertz CT molecular complexity index is 1630. The smallest absolute Gasteiger partial charge is 0.306 e. The number of phosphoric acid groups is 1. The van der Waals surface area contributed by atoms with Gasteiger partial charge in [0.1, 0.15) is 19.3 Å². The minimum absolute atomic E-state index is 0.0247. The van der Waals surface area contributed by atoms with Gasteiger partial charge in [-0.1, -0.05) is 280 Å². The summed E-state index contributed by atoms with van der Waals surface area (Å²) >= 11 is 0. The summed E-state index contributed by atoms with van der Waals surface area (Å²) in [6.07, 6.45) is 80.2. The number of ether oxygens (including phenoxy) is 1. The average molecular weight is 1170 g/mol. The molecule has 0 aromatic heterocycles. The van der Waals surface area contributed by atoms with E-state index in [1.165, 1.54) is 199 Å². The summed E-state index contributed by atoms with van der Waals surface area (Å²) in [5.74, 6) is -0.542. The molecule has 0 heterocycles. The van der Waals surface area contributed by atoms with E-state index in [0.29, 0.717) is 17.4 Å². The summed E-state index contributed by atoms with van der Waals surface area (Å²) < 4.78 is 30.4. The predicted octanol–water partition coefficient (Wildman–Crippen LogP) is 21.3. The monoisotopic (exact) mass is 1170 g/mol. The number of carbonyl (C=O) groups is 2. The molecule has 3 atom stereocenters. The van der Waals surface area contributed by atoms with E-state index in [9.17, 15) is 19.0 Å². The molecule has 478 valence electrons. The van der Waals surface area contributed by atoms with E-state index in [1.807, 2.05) is 33.3 Å². The van der Waals surface area contributed by atoms with Gasteiger partial charge in [-0.3, -0.25) is 14.2 Å². The maximum absolute atomic E-state index is 13.6. The molecule has 0 bridgehead atoms. The van der Waals surface area contributed by atoms with Crippen LogP contribution in [0, 0.1) is 0 Å². The van der Waals surface area contributed by atoms with E-state index >= 15 is 0 Å². The lowest BCUT2D eigenvalue weighted by Gasteiger charge is -2.30. The zero-order chi connectivity index (χ0) is 60.0. The van der Waals surface area contributed by atoms with Crippen molar-refractivity contribution in [2.75, 3.05) is 40.9 Å². The third-order valence-electron chi connectivity index (χ3n) is 15.4. The molecule has 82 heavy (non-hydrogen) atoms. The predicted molar refractivity (Wildman–Crippen MR) is 353 cm³/mol. The van der Waals surface area contributed by atoms with Crippen LogP contribution in [-0.4, -0.2) is 69.4 Å². The molecule has 0 saturated heterocycles. The lowest BCUT2D eigenvalue weighted by atomic mass is 10.0. The van der Waals surface area contributed by atoms with Crippen molar-refractivity contribution in [3.8, 4) is 0 Å². The van der Waals surface area contributed by atoms with Crippen molar-refractivity contribution in [2.45, 2.75) is 335 Å².